The SMILES string of the molecule is O=C1c2c(O)c(=O)c(-c3ccncn3)cn2CCN1Cc1ccc(Cl)cc1. The largest absolute Gasteiger partial charge is 0.503 e. The van der Waals surface area contributed by atoms with Crippen LogP contribution in [0.15, 0.2) is 53.8 Å². The number of amides is 1. The summed E-state index contributed by atoms with van der Waals surface area (Å²) in [6.45, 7) is 1.29. The zero-order valence-corrected chi connectivity index (χ0v) is 14.9. The van der Waals surface area contributed by atoms with Crippen molar-refractivity contribution in [1.82, 2.24) is 19.4 Å². The average Bonchev–Trinajstić information content (AvgIpc) is 2.69. The van der Waals surface area contributed by atoms with E-state index in [-0.39, 0.29) is 17.2 Å². The maximum Gasteiger partial charge on any atom is 0.274 e. The minimum Gasteiger partial charge on any atom is -0.503 e. The Kier molecular flexibility index (Phi) is 4.37. The zero-order chi connectivity index (χ0) is 19.0. The first-order valence-electron chi connectivity index (χ1n) is 8.31. The molecule has 0 bridgehead atoms. The van der Waals surface area contributed by atoms with Crippen molar-refractivity contribution in [3.05, 3.63) is 75.6 Å². The summed E-state index contributed by atoms with van der Waals surface area (Å²) in [5.41, 5.74) is 0.926. The topological polar surface area (TPSA) is 88.3 Å². The molecule has 136 valence electrons. The lowest BCUT2D eigenvalue weighted by Crippen LogP contribution is -2.41. The molecule has 1 amide bonds. The molecule has 8 heteroatoms. The van der Waals surface area contributed by atoms with Crippen molar-refractivity contribution in [2.24, 2.45) is 0 Å². The van der Waals surface area contributed by atoms with E-state index in [2.05, 4.69) is 9.97 Å². The van der Waals surface area contributed by atoms with Crippen LogP contribution in [0, 0.1) is 0 Å². The summed E-state index contributed by atoms with van der Waals surface area (Å²) in [4.78, 5) is 34.9. The van der Waals surface area contributed by atoms with Gasteiger partial charge in [-0.15, -0.1) is 0 Å². The van der Waals surface area contributed by atoms with Crippen molar-refractivity contribution in [3.8, 4) is 17.0 Å². The van der Waals surface area contributed by atoms with Crippen LogP contribution in [0.1, 0.15) is 16.1 Å². The molecule has 2 aromatic heterocycles. The average molecular weight is 383 g/mol. The molecule has 0 radical (unpaired) electrons. The van der Waals surface area contributed by atoms with Gasteiger partial charge in [-0.25, -0.2) is 9.97 Å². The third-order valence-corrected chi connectivity index (χ3v) is 4.75. The number of carbonyl (C=O) groups excluding carboxylic acids is 1. The number of pyridine rings is 1. The van der Waals surface area contributed by atoms with Gasteiger partial charge in [0.2, 0.25) is 5.43 Å². The Labute approximate surface area is 159 Å². The van der Waals surface area contributed by atoms with Crippen molar-refractivity contribution in [3.63, 3.8) is 0 Å². The highest BCUT2D eigenvalue weighted by atomic mass is 35.5. The minimum absolute atomic E-state index is 0.00183. The van der Waals surface area contributed by atoms with Gasteiger partial charge in [0.15, 0.2) is 11.4 Å². The molecule has 0 unspecified atom stereocenters. The number of carbonyl (C=O) groups is 1. The standard InChI is InChI=1S/C19H15ClN4O3/c20-13-3-1-12(2-4-13)9-24-8-7-23-10-14(15-5-6-21-11-22-15)17(25)18(26)16(23)19(24)27/h1-6,10-11,26H,7-9H2. The molecular weight excluding hydrogens is 368 g/mol. The lowest BCUT2D eigenvalue weighted by Gasteiger charge is -2.30. The van der Waals surface area contributed by atoms with E-state index in [0.29, 0.717) is 30.4 Å². The Bertz CT molecular complexity index is 1060. The van der Waals surface area contributed by atoms with Crippen LogP contribution < -0.4 is 5.43 Å². The number of benzene rings is 1. The van der Waals surface area contributed by atoms with E-state index in [1.807, 2.05) is 12.1 Å². The van der Waals surface area contributed by atoms with E-state index >= 15 is 0 Å². The van der Waals surface area contributed by atoms with E-state index in [1.54, 1.807) is 33.9 Å². The Balaban J connectivity index is 1.70. The highest BCUT2D eigenvalue weighted by molar-refractivity contribution is 6.30. The third-order valence-electron chi connectivity index (χ3n) is 4.50. The quantitative estimate of drug-likeness (QED) is 0.751. The van der Waals surface area contributed by atoms with Gasteiger partial charge in [-0.3, -0.25) is 9.59 Å². The van der Waals surface area contributed by atoms with Crippen LogP contribution in [0.2, 0.25) is 5.02 Å². The molecule has 0 fully saturated rings. The number of hydrogen-bond donors (Lipinski definition) is 1. The summed E-state index contributed by atoms with van der Waals surface area (Å²) in [5, 5.41) is 11.1. The lowest BCUT2D eigenvalue weighted by molar-refractivity contribution is 0.0683. The third kappa shape index (κ3) is 3.17. The Morgan fingerprint density at radius 3 is 2.59 bits per heavy atom. The molecule has 0 spiro atoms. The van der Waals surface area contributed by atoms with Crippen LogP contribution >= 0.6 is 11.6 Å². The predicted molar refractivity (Wildman–Crippen MR) is 99.6 cm³/mol. The molecule has 3 heterocycles. The van der Waals surface area contributed by atoms with Gasteiger partial charge in [0, 0.05) is 37.1 Å². The van der Waals surface area contributed by atoms with Gasteiger partial charge < -0.3 is 14.6 Å². The summed E-state index contributed by atoms with van der Waals surface area (Å²) in [6.07, 6.45) is 4.41. The highest BCUT2D eigenvalue weighted by Crippen LogP contribution is 2.25. The second-order valence-electron chi connectivity index (χ2n) is 6.21. The fourth-order valence-electron chi connectivity index (χ4n) is 3.12. The van der Waals surface area contributed by atoms with Crippen LogP contribution in [-0.4, -0.2) is 37.0 Å². The summed E-state index contributed by atoms with van der Waals surface area (Å²) in [7, 11) is 0. The molecule has 1 aliphatic heterocycles. The molecule has 0 atom stereocenters. The number of aromatic nitrogens is 3. The zero-order valence-electron chi connectivity index (χ0n) is 14.2. The maximum atomic E-state index is 12.9. The van der Waals surface area contributed by atoms with Crippen molar-refractivity contribution >= 4 is 17.5 Å². The van der Waals surface area contributed by atoms with Crippen molar-refractivity contribution < 1.29 is 9.90 Å². The molecule has 4 rings (SSSR count). The minimum atomic E-state index is -0.623. The van der Waals surface area contributed by atoms with Gasteiger partial charge in [0.1, 0.15) is 6.33 Å². The van der Waals surface area contributed by atoms with Gasteiger partial charge in [-0.2, -0.15) is 0 Å². The van der Waals surface area contributed by atoms with Crippen LogP contribution in [0.3, 0.4) is 0 Å². The van der Waals surface area contributed by atoms with Crippen molar-refractivity contribution in [2.45, 2.75) is 13.1 Å². The lowest BCUT2D eigenvalue weighted by atomic mass is 10.1. The second-order valence-corrected chi connectivity index (χ2v) is 6.65. The predicted octanol–water partition coefficient (Wildman–Crippen LogP) is 2.32. The number of nitrogens with zero attached hydrogens (tertiary/aromatic N) is 4. The Hall–Kier alpha value is -3.19. The molecule has 3 aromatic rings. The van der Waals surface area contributed by atoms with Crippen LogP contribution in [-0.2, 0) is 13.1 Å². The van der Waals surface area contributed by atoms with E-state index in [4.69, 9.17) is 11.6 Å². The highest BCUT2D eigenvalue weighted by Gasteiger charge is 2.29. The molecule has 0 saturated heterocycles. The monoisotopic (exact) mass is 382 g/mol. The number of halogens is 1. The molecule has 0 aliphatic carbocycles. The van der Waals surface area contributed by atoms with Gasteiger partial charge >= 0.3 is 0 Å². The van der Waals surface area contributed by atoms with Crippen molar-refractivity contribution in [1.29, 1.82) is 0 Å². The number of aromatic hydroxyl groups is 1. The van der Waals surface area contributed by atoms with Crippen molar-refractivity contribution in [2.75, 3.05) is 6.54 Å². The fourth-order valence-corrected chi connectivity index (χ4v) is 3.25. The first kappa shape index (κ1) is 17.2. The molecule has 1 N–H and O–H groups in total. The van der Waals surface area contributed by atoms with Gasteiger partial charge in [-0.05, 0) is 23.8 Å². The molecule has 1 aromatic carbocycles. The first-order chi connectivity index (χ1) is 13.0. The summed E-state index contributed by atoms with van der Waals surface area (Å²) in [5.74, 6) is -0.947. The smallest absolute Gasteiger partial charge is 0.274 e. The number of rotatable bonds is 3. The van der Waals surface area contributed by atoms with E-state index in [1.165, 1.54) is 12.5 Å². The van der Waals surface area contributed by atoms with E-state index in [9.17, 15) is 14.7 Å². The van der Waals surface area contributed by atoms with Crippen LogP contribution in [0.25, 0.3) is 11.3 Å². The van der Waals surface area contributed by atoms with Crippen LogP contribution in [0.4, 0.5) is 0 Å². The van der Waals surface area contributed by atoms with Crippen LogP contribution in [0.5, 0.6) is 5.75 Å². The molecular formula is C19H15ClN4O3. The molecule has 1 aliphatic rings. The van der Waals surface area contributed by atoms with E-state index in [0.717, 1.165) is 5.56 Å². The van der Waals surface area contributed by atoms with Gasteiger partial charge in [0.05, 0.1) is 11.3 Å². The van der Waals surface area contributed by atoms with Gasteiger partial charge in [0.25, 0.3) is 5.91 Å². The number of hydrogen-bond acceptors (Lipinski definition) is 5. The summed E-state index contributed by atoms with van der Waals surface area (Å²) < 4.78 is 1.61. The van der Waals surface area contributed by atoms with E-state index < -0.39 is 11.2 Å². The second kappa shape index (κ2) is 6.85. The first-order valence-corrected chi connectivity index (χ1v) is 8.69. The molecule has 0 saturated carbocycles. The Morgan fingerprint density at radius 1 is 1.11 bits per heavy atom. The summed E-state index contributed by atoms with van der Waals surface area (Å²) in [6, 6.07) is 8.79. The number of fused-ring (bicyclic) bond motifs is 1. The normalized spacial score (nSPS) is 13.5. The Morgan fingerprint density at radius 2 is 1.89 bits per heavy atom. The fraction of sp³-hybridized carbons (Fsp3) is 0.158. The maximum absolute atomic E-state index is 12.9. The molecule has 27 heavy (non-hydrogen) atoms. The molecule has 7 nitrogen and oxygen atoms in total. The summed E-state index contributed by atoms with van der Waals surface area (Å²) >= 11 is 5.89. The van der Waals surface area contributed by atoms with Gasteiger partial charge in [-0.1, -0.05) is 23.7 Å².